The monoisotopic (exact) mass is 494 g/mol. The number of piperidine rings is 1. The van der Waals surface area contributed by atoms with Gasteiger partial charge < -0.3 is 14.4 Å². The van der Waals surface area contributed by atoms with Crippen molar-refractivity contribution >= 4 is 0 Å². The van der Waals surface area contributed by atoms with Gasteiger partial charge in [0.25, 0.3) is 0 Å². The van der Waals surface area contributed by atoms with Crippen LogP contribution in [0.1, 0.15) is 42.7 Å². The van der Waals surface area contributed by atoms with Crippen molar-refractivity contribution in [3.8, 4) is 11.5 Å². The fourth-order valence-corrected chi connectivity index (χ4v) is 4.78. The van der Waals surface area contributed by atoms with E-state index in [4.69, 9.17) is 4.42 Å². The number of aryl methyl sites for hydroxylation is 1. The summed E-state index contributed by atoms with van der Waals surface area (Å²) in [6.45, 7) is 3.55. The number of rotatable bonds is 8. The molecule has 2 aromatic carbocycles. The maximum atomic E-state index is 14.7. The van der Waals surface area contributed by atoms with Gasteiger partial charge in [0.2, 0.25) is 11.8 Å². The Bertz CT molecular complexity index is 1290. The van der Waals surface area contributed by atoms with Crippen molar-refractivity contribution in [1.29, 1.82) is 0 Å². The molecular formula is C26H28F2N6O2. The zero-order valence-electron chi connectivity index (χ0n) is 20.0. The van der Waals surface area contributed by atoms with E-state index in [1.165, 1.54) is 29.0 Å². The second-order valence-corrected chi connectivity index (χ2v) is 9.30. The van der Waals surface area contributed by atoms with Crippen molar-refractivity contribution in [2.75, 3.05) is 19.6 Å². The molecule has 188 valence electrons. The molecule has 3 heterocycles. The van der Waals surface area contributed by atoms with Gasteiger partial charge in [0.05, 0.1) is 6.54 Å². The number of nitrogens with zero attached hydrogens (tertiary/aromatic N) is 6. The second kappa shape index (κ2) is 10.2. The van der Waals surface area contributed by atoms with E-state index in [1.54, 1.807) is 0 Å². The average Bonchev–Trinajstić information content (AvgIpc) is 3.57. The third kappa shape index (κ3) is 5.19. The molecule has 1 N–H and O–H groups in total. The normalized spacial score (nSPS) is 16.8. The first-order valence-electron chi connectivity index (χ1n) is 12.1. The molecule has 5 rings (SSSR count). The summed E-state index contributed by atoms with van der Waals surface area (Å²) in [4.78, 5) is 5.98. The van der Waals surface area contributed by atoms with Gasteiger partial charge in [-0.15, -0.1) is 10.2 Å². The van der Waals surface area contributed by atoms with E-state index in [0.717, 1.165) is 37.0 Å². The number of halogens is 2. The first-order chi connectivity index (χ1) is 17.4. The minimum absolute atomic E-state index is 0.0146. The largest absolute Gasteiger partial charge is 0.420 e. The smallest absolute Gasteiger partial charge is 0.247 e. The molecule has 1 aliphatic heterocycles. The number of aromatic nitrogens is 5. The molecular weight excluding hydrogens is 466 g/mol. The third-order valence-corrected chi connectivity index (χ3v) is 6.79. The van der Waals surface area contributed by atoms with Crippen LogP contribution in [-0.2, 0) is 18.6 Å². The zero-order chi connectivity index (χ0) is 25.1. The lowest BCUT2D eigenvalue weighted by Gasteiger charge is -2.37. The average molecular weight is 495 g/mol. The number of aliphatic hydroxyl groups is 1. The Labute approximate surface area is 207 Å². The highest BCUT2D eigenvalue weighted by molar-refractivity contribution is 5.53. The molecule has 1 aliphatic rings. The lowest BCUT2D eigenvalue weighted by atomic mass is 9.90. The number of likely N-dealkylation sites (tertiary alicyclic amines) is 1. The van der Waals surface area contributed by atoms with Crippen LogP contribution in [0, 0.1) is 11.6 Å². The Morgan fingerprint density at radius 3 is 2.50 bits per heavy atom. The van der Waals surface area contributed by atoms with Crippen molar-refractivity contribution in [1.82, 2.24) is 29.9 Å². The first-order valence-corrected chi connectivity index (χ1v) is 12.1. The van der Waals surface area contributed by atoms with Crippen molar-refractivity contribution in [3.63, 3.8) is 0 Å². The highest BCUT2D eigenvalue weighted by Crippen LogP contribution is 2.33. The van der Waals surface area contributed by atoms with Crippen LogP contribution in [0.15, 0.2) is 59.5 Å². The summed E-state index contributed by atoms with van der Waals surface area (Å²) in [5.74, 6) is -0.280. The Kier molecular flexibility index (Phi) is 6.88. The van der Waals surface area contributed by atoms with Gasteiger partial charge in [-0.3, -0.25) is 0 Å². The highest BCUT2D eigenvalue weighted by Gasteiger charge is 2.37. The molecule has 0 spiro atoms. The van der Waals surface area contributed by atoms with Gasteiger partial charge in [-0.05, 0) is 56.1 Å². The molecule has 8 nitrogen and oxygen atoms in total. The van der Waals surface area contributed by atoms with Crippen molar-refractivity contribution in [3.05, 3.63) is 83.8 Å². The lowest BCUT2D eigenvalue weighted by Crippen LogP contribution is -2.47. The molecule has 1 atom stereocenters. The summed E-state index contributed by atoms with van der Waals surface area (Å²) in [6, 6.07) is 11.3. The van der Waals surface area contributed by atoms with Crippen LogP contribution < -0.4 is 0 Å². The number of β-amino-alcohol motifs (C(OH)–C–C–N with tert-alkyl or cyclic N) is 1. The van der Waals surface area contributed by atoms with Gasteiger partial charge in [0.15, 0.2) is 0 Å². The van der Waals surface area contributed by atoms with Crippen LogP contribution in [-0.4, -0.2) is 54.6 Å². The molecule has 0 radical (unpaired) electrons. The van der Waals surface area contributed by atoms with Gasteiger partial charge >= 0.3 is 0 Å². The molecule has 1 fully saturated rings. The van der Waals surface area contributed by atoms with E-state index in [9.17, 15) is 13.9 Å². The van der Waals surface area contributed by atoms with Crippen molar-refractivity contribution in [2.45, 2.75) is 44.2 Å². The molecule has 0 amide bonds. The molecule has 2 aromatic heterocycles. The van der Waals surface area contributed by atoms with Crippen LogP contribution in [0.25, 0.3) is 11.5 Å². The van der Waals surface area contributed by atoms with Crippen molar-refractivity contribution in [2.24, 2.45) is 0 Å². The molecule has 36 heavy (non-hydrogen) atoms. The topological polar surface area (TPSA) is 93.1 Å². The third-order valence-electron chi connectivity index (χ3n) is 6.79. The summed E-state index contributed by atoms with van der Waals surface area (Å²) in [5, 5.41) is 24.2. The molecule has 1 saturated heterocycles. The van der Waals surface area contributed by atoms with Gasteiger partial charge in [-0.25, -0.2) is 18.4 Å². The Morgan fingerprint density at radius 1 is 1.06 bits per heavy atom. The second-order valence-electron chi connectivity index (χ2n) is 9.30. The number of hydrogen-bond acceptors (Lipinski definition) is 7. The van der Waals surface area contributed by atoms with Gasteiger partial charge in [-0.2, -0.15) is 5.10 Å². The van der Waals surface area contributed by atoms with Crippen LogP contribution in [0.5, 0.6) is 0 Å². The van der Waals surface area contributed by atoms with Crippen LogP contribution in [0.3, 0.4) is 0 Å². The van der Waals surface area contributed by atoms with E-state index in [0.29, 0.717) is 24.9 Å². The summed E-state index contributed by atoms with van der Waals surface area (Å²) in [6.07, 6.45) is 5.28. The minimum Gasteiger partial charge on any atom is -0.420 e. The maximum Gasteiger partial charge on any atom is 0.247 e. The van der Waals surface area contributed by atoms with Crippen LogP contribution in [0.2, 0.25) is 0 Å². The van der Waals surface area contributed by atoms with Crippen molar-refractivity contribution < 1.29 is 18.3 Å². The van der Waals surface area contributed by atoms with E-state index in [-0.39, 0.29) is 24.6 Å². The molecule has 0 aliphatic carbocycles. The van der Waals surface area contributed by atoms with E-state index in [1.807, 2.05) is 12.1 Å². The molecule has 0 bridgehead atoms. The lowest BCUT2D eigenvalue weighted by molar-refractivity contribution is -0.0270. The van der Waals surface area contributed by atoms with E-state index >= 15 is 0 Å². The maximum absolute atomic E-state index is 14.7. The fraction of sp³-hybridized carbons (Fsp3) is 0.385. The highest BCUT2D eigenvalue weighted by atomic mass is 19.1. The fourth-order valence-electron chi connectivity index (χ4n) is 4.78. The van der Waals surface area contributed by atoms with Gasteiger partial charge in [0, 0.05) is 29.7 Å². The number of hydrogen-bond donors (Lipinski definition) is 1. The molecule has 10 heteroatoms. The molecule has 1 unspecified atom stereocenters. The zero-order valence-corrected chi connectivity index (χ0v) is 20.0. The standard InChI is InChI=1S/C26H28F2N6O2/c1-2-18-3-5-19(6-4-18)24-31-32-25(36-24)20-9-11-33(12-10-20)14-26(35,15-34-17-29-16-30-34)22-8-7-21(27)13-23(22)28/h3-8,13,16-17,20,35H,2,9-12,14-15H2,1H3. The van der Waals surface area contributed by atoms with Gasteiger partial charge in [-0.1, -0.05) is 25.1 Å². The Balaban J connectivity index is 1.27. The summed E-state index contributed by atoms with van der Waals surface area (Å²) in [7, 11) is 0. The summed E-state index contributed by atoms with van der Waals surface area (Å²) in [5.41, 5.74) is 0.538. The van der Waals surface area contributed by atoms with E-state index in [2.05, 4.69) is 44.2 Å². The molecule has 0 saturated carbocycles. The number of benzene rings is 2. The minimum atomic E-state index is -1.62. The predicted molar refractivity (Wildman–Crippen MR) is 128 cm³/mol. The Morgan fingerprint density at radius 2 is 1.83 bits per heavy atom. The summed E-state index contributed by atoms with van der Waals surface area (Å²) < 4.78 is 35.7. The Hall–Kier alpha value is -3.50. The van der Waals surface area contributed by atoms with E-state index < -0.39 is 17.2 Å². The summed E-state index contributed by atoms with van der Waals surface area (Å²) >= 11 is 0. The van der Waals surface area contributed by atoms with Crippen LogP contribution >= 0.6 is 0 Å². The SMILES string of the molecule is CCc1ccc(-c2nnc(C3CCN(CC(O)(Cn4cncn4)c4ccc(F)cc4F)CC3)o2)cc1. The predicted octanol–water partition coefficient (Wildman–Crippen LogP) is 3.94. The van der Waals surface area contributed by atoms with Gasteiger partial charge in [0.1, 0.15) is 29.9 Å². The molecule has 4 aromatic rings. The first kappa shape index (κ1) is 24.2. The van der Waals surface area contributed by atoms with Crippen LogP contribution in [0.4, 0.5) is 8.78 Å². The quantitative estimate of drug-likeness (QED) is 0.397.